The molecule has 0 bridgehead atoms. The fourth-order valence-corrected chi connectivity index (χ4v) is 5.65. The molecule has 0 saturated heterocycles. The van der Waals surface area contributed by atoms with Crippen molar-refractivity contribution in [2.75, 3.05) is 6.54 Å². The topological polar surface area (TPSA) is 114 Å². The summed E-state index contributed by atoms with van der Waals surface area (Å²) < 4.78 is 9.44. The Bertz CT molecular complexity index is 1910. The average Bonchev–Trinajstić information content (AvgIpc) is 3.58. The van der Waals surface area contributed by atoms with Gasteiger partial charge >= 0.3 is 5.69 Å². The molecule has 0 unspecified atom stereocenters. The van der Waals surface area contributed by atoms with E-state index in [1.807, 2.05) is 32.0 Å². The summed E-state index contributed by atoms with van der Waals surface area (Å²) in [6.45, 7) is 4.71. The van der Waals surface area contributed by atoms with E-state index in [2.05, 4.69) is 31.2 Å². The third-order valence-electron chi connectivity index (χ3n) is 7.25. The number of rotatable bonds is 7. The molecule has 3 heterocycles. The van der Waals surface area contributed by atoms with Crippen LogP contribution in [0.15, 0.2) is 76.3 Å². The van der Waals surface area contributed by atoms with Gasteiger partial charge in [0.2, 0.25) is 0 Å². The fourth-order valence-electron chi connectivity index (χ4n) is 5.22. The van der Waals surface area contributed by atoms with Crippen LogP contribution < -0.4 is 15.7 Å². The number of hydrogen-bond acceptors (Lipinski definition) is 5. The van der Waals surface area contributed by atoms with E-state index in [-0.39, 0.29) is 43.0 Å². The van der Waals surface area contributed by atoms with E-state index in [0.29, 0.717) is 38.7 Å². The lowest BCUT2D eigenvalue weighted by molar-refractivity contribution is 0.0706. The summed E-state index contributed by atoms with van der Waals surface area (Å²) in [6.07, 6.45) is 1.60. The second kappa shape index (κ2) is 11.7. The van der Waals surface area contributed by atoms with E-state index in [9.17, 15) is 14.4 Å². The number of hydrogen-bond donors (Lipinski definition) is 2. The average molecular weight is 664 g/mol. The smallest absolute Gasteiger partial charge is 0.333 e. The van der Waals surface area contributed by atoms with Crippen molar-refractivity contribution < 1.29 is 14.3 Å². The zero-order chi connectivity index (χ0) is 30.2. The van der Waals surface area contributed by atoms with Crippen molar-refractivity contribution in [3.63, 3.8) is 0 Å². The van der Waals surface area contributed by atoms with Gasteiger partial charge in [-0.1, -0.05) is 17.7 Å². The van der Waals surface area contributed by atoms with E-state index in [4.69, 9.17) is 16.3 Å². The van der Waals surface area contributed by atoms with Gasteiger partial charge in [-0.25, -0.2) is 9.78 Å². The number of fused-ring (bicyclic) bond motifs is 2. The predicted octanol–water partition coefficient (Wildman–Crippen LogP) is 5.30. The third-order valence-corrected chi connectivity index (χ3v) is 8.48. The number of aromatic nitrogens is 4. The van der Waals surface area contributed by atoms with E-state index < -0.39 is 5.91 Å². The van der Waals surface area contributed by atoms with Crippen molar-refractivity contribution >= 4 is 50.4 Å². The number of halogens is 2. The maximum absolute atomic E-state index is 13.9. The Kier molecular flexibility index (Phi) is 7.85. The maximum atomic E-state index is 13.9. The van der Waals surface area contributed by atoms with E-state index in [1.165, 1.54) is 4.57 Å². The van der Waals surface area contributed by atoms with Crippen LogP contribution >= 0.6 is 27.5 Å². The molecule has 43 heavy (non-hydrogen) atoms. The molecule has 5 aromatic rings. The number of benzene rings is 3. The number of nitrogens with zero attached hydrogens (tertiary/aromatic N) is 4. The van der Waals surface area contributed by atoms with Crippen LogP contribution in [0.1, 0.15) is 46.0 Å². The molecule has 0 saturated carbocycles. The Morgan fingerprint density at radius 2 is 1.88 bits per heavy atom. The summed E-state index contributed by atoms with van der Waals surface area (Å²) >= 11 is 9.61. The normalized spacial score (nSPS) is 12.9. The standard InChI is InChI=1S/C31H28BrClN6O4/c1-18(2)43-22-7-5-21(6-8-22)39-28(29(40)34-15-19-3-10-25-26(13-19)36-17-35-25)27-16-37(11-12-38(27)31(39)42)30(41)20-4-9-23(32)24(33)14-20/h3-10,13-14,17-18H,11-12,15-16H2,1-2H3,(H,34,40)(H,35,36). The summed E-state index contributed by atoms with van der Waals surface area (Å²) in [7, 11) is 0. The first-order chi connectivity index (χ1) is 20.7. The molecule has 6 rings (SSSR count). The number of amides is 2. The van der Waals surface area contributed by atoms with Gasteiger partial charge in [0.1, 0.15) is 11.4 Å². The zero-order valence-electron chi connectivity index (χ0n) is 23.4. The number of carbonyl (C=O) groups is 2. The van der Waals surface area contributed by atoms with Gasteiger partial charge in [-0.2, -0.15) is 0 Å². The summed E-state index contributed by atoms with van der Waals surface area (Å²) in [4.78, 5) is 50.1. The summed E-state index contributed by atoms with van der Waals surface area (Å²) in [5, 5.41) is 3.40. The Labute approximate surface area is 260 Å². The van der Waals surface area contributed by atoms with Crippen molar-refractivity contribution in [2.45, 2.75) is 39.6 Å². The lowest BCUT2D eigenvalue weighted by Gasteiger charge is -2.28. The monoisotopic (exact) mass is 662 g/mol. The fraction of sp³-hybridized carbons (Fsp3) is 0.226. The molecule has 220 valence electrons. The van der Waals surface area contributed by atoms with Crippen molar-refractivity contribution in [3.05, 3.63) is 109 Å². The quantitative estimate of drug-likeness (QED) is 0.245. The highest BCUT2D eigenvalue weighted by molar-refractivity contribution is 9.10. The van der Waals surface area contributed by atoms with Crippen LogP contribution in [0.25, 0.3) is 16.7 Å². The molecule has 0 aliphatic carbocycles. The molecule has 1 aliphatic rings. The second-order valence-electron chi connectivity index (χ2n) is 10.5. The van der Waals surface area contributed by atoms with Gasteiger partial charge < -0.3 is 19.9 Å². The number of imidazole rings is 2. The molecule has 0 spiro atoms. The first kappa shape index (κ1) is 28.8. The Morgan fingerprint density at radius 3 is 2.63 bits per heavy atom. The van der Waals surface area contributed by atoms with E-state index in [1.54, 1.807) is 58.3 Å². The predicted molar refractivity (Wildman–Crippen MR) is 167 cm³/mol. The molecule has 0 atom stereocenters. The zero-order valence-corrected chi connectivity index (χ0v) is 25.8. The minimum Gasteiger partial charge on any atom is -0.491 e. The van der Waals surface area contributed by atoms with Crippen LogP contribution in [0.4, 0.5) is 0 Å². The van der Waals surface area contributed by atoms with Crippen LogP contribution in [-0.2, 0) is 19.6 Å². The summed E-state index contributed by atoms with van der Waals surface area (Å²) in [5.41, 5.74) is 3.77. The molecule has 1 aliphatic heterocycles. The minimum atomic E-state index is -0.431. The molecule has 0 radical (unpaired) electrons. The van der Waals surface area contributed by atoms with Crippen LogP contribution in [-0.4, -0.2) is 48.5 Å². The highest BCUT2D eigenvalue weighted by atomic mass is 79.9. The van der Waals surface area contributed by atoms with Gasteiger partial charge in [-0.05, 0) is 89.9 Å². The van der Waals surface area contributed by atoms with Gasteiger partial charge in [0.25, 0.3) is 11.8 Å². The number of H-pyrrole nitrogens is 1. The number of aromatic amines is 1. The largest absolute Gasteiger partial charge is 0.491 e. The van der Waals surface area contributed by atoms with Gasteiger partial charge in [-0.3, -0.25) is 18.7 Å². The molecular weight excluding hydrogens is 636 g/mol. The van der Waals surface area contributed by atoms with Crippen molar-refractivity contribution in [3.8, 4) is 11.4 Å². The first-order valence-corrected chi connectivity index (χ1v) is 14.9. The van der Waals surface area contributed by atoms with Gasteiger partial charge in [-0.15, -0.1) is 0 Å². The molecule has 0 fully saturated rings. The van der Waals surface area contributed by atoms with E-state index in [0.717, 1.165) is 16.6 Å². The number of nitrogens with one attached hydrogen (secondary N) is 2. The molecule has 2 N–H and O–H groups in total. The third kappa shape index (κ3) is 5.70. The van der Waals surface area contributed by atoms with E-state index >= 15 is 0 Å². The van der Waals surface area contributed by atoms with Gasteiger partial charge in [0.15, 0.2) is 0 Å². The highest BCUT2D eigenvalue weighted by Crippen LogP contribution is 2.26. The Morgan fingerprint density at radius 1 is 1.09 bits per heavy atom. The number of ether oxygens (including phenoxy) is 1. The molecule has 2 aromatic heterocycles. The lowest BCUT2D eigenvalue weighted by Crippen LogP contribution is -2.41. The van der Waals surface area contributed by atoms with Crippen LogP contribution in [0.5, 0.6) is 5.75 Å². The van der Waals surface area contributed by atoms with Crippen LogP contribution in [0.3, 0.4) is 0 Å². The van der Waals surface area contributed by atoms with Crippen LogP contribution in [0, 0.1) is 0 Å². The molecular formula is C31H28BrClN6O4. The van der Waals surface area contributed by atoms with Crippen molar-refractivity contribution in [2.24, 2.45) is 0 Å². The number of carbonyl (C=O) groups excluding carboxylic acids is 2. The van der Waals surface area contributed by atoms with Crippen molar-refractivity contribution in [1.29, 1.82) is 0 Å². The molecule has 12 heteroatoms. The lowest BCUT2D eigenvalue weighted by atomic mass is 10.1. The second-order valence-corrected chi connectivity index (χ2v) is 11.8. The first-order valence-electron chi connectivity index (χ1n) is 13.8. The van der Waals surface area contributed by atoms with Gasteiger partial charge in [0.05, 0.1) is 46.4 Å². The van der Waals surface area contributed by atoms with Crippen LogP contribution in [0.2, 0.25) is 5.02 Å². The molecule has 10 nitrogen and oxygen atoms in total. The minimum absolute atomic E-state index is 0.0122. The Balaban J connectivity index is 1.36. The Hall–Kier alpha value is -4.35. The highest BCUT2D eigenvalue weighted by Gasteiger charge is 2.32. The molecule has 3 aromatic carbocycles. The summed E-state index contributed by atoms with van der Waals surface area (Å²) in [6, 6.07) is 17.7. The SMILES string of the molecule is CC(C)Oc1ccc(-n2c(C(=O)NCc3ccc4nc[nH]c4c3)c3n(c2=O)CCN(C(=O)c2ccc(Br)c(Cl)c2)C3)cc1. The molecule has 2 amide bonds. The van der Waals surface area contributed by atoms with Crippen molar-refractivity contribution in [1.82, 2.24) is 29.3 Å². The summed E-state index contributed by atoms with van der Waals surface area (Å²) in [5.74, 6) is -0.0183. The van der Waals surface area contributed by atoms with Gasteiger partial charge in [0, 0.05) is 29.7 Å². The maximum Gasteiger partial charge on any atom is 0.333 e.